The number of fused-ring (bicyclic) bond motifs is 2. The molecule has 6 nitrogen and oxygen atoms in total. The number of ether oxygens (including phenoxy) is 1. The molecule has 4 rings (SSSR count). The smallest absolute Gasteiger partial charge is 0.291 e. The quantitative estimate of drug-likeness (QED) is 0.893. The van der Waals surface area contributed by atoms with Crippen LogP contribution in [0.25, 0.3) is 0 Å². The predicted molar refractivity (Wildman–Crippen MR) is 94.7 cm³/mol. The molecule has 1 unspecified atom stereocenters. The number of anilines is 1. The number of carbonyl (C=O) groups is 2. The van der Waals surface area contributed by atoms with Gasteiger partial charge in [0.05, 0.1) is 13.4 Å². The van der Waals surface area contributed by atoms with E-state index >= 15 is 0 Å². The summed E-state index contributed by atoms with van der Waals surface area (Å²) in [4.78, 5) is 26.6. The van der Waals surface area contributed by atoms with Crippen molar-refractivity contribution in [1.29, 1.82) is 0 Å². The fraction of sp³-hybridized carbons (Fsp3) is 0.333. The lowest BCUT2D eigenvalue weighted by Crippen LogP contribution is -2.48. The highest BCUT2D eigenvalue weighted by Gasteiger charge is 2.62. The number of amides is 2. The molecule has 1 saturated heterocycles. The number of methoxy groups -OCH3 is 1. The van der Waals surface area contributed by atoms with E-state index in [-0.39, 0.29) is 22.3 Å². The number of hydrogen-bond donors (Lipinski definition) is 1. The van der Waals surface area contributed by atoms with E-state index in [0.29, 0.717) is 18.0 Å². The Balaban J connectivity index is 1.89. The summed E-state index contributed by atoms with van der Waals surface area (Å²) in [7, 11) is 1.58. The number of carbonyl (C=O) groups excluding carboxylic acids is 2. The van der Waals surface area contributed by atoms with E-state index in [4.69, 9.17) is 9.15 Å². The van der Waals surface area contributed by atoms with Crippen LogP contribution < -0.4 is 10.1 Å². The summed E-state index contributed by atoms with van der Waals surface area (Å²) in [6, 6.07) is 8.71. The van der Waals surface area contributed by atoms with E-state index in [0.717, 1.165) is 5.56 Å². The van der Waals surface area contributed by atoms with Crippen molar-refractivity contribution in [2.75, 3.05) is 19.0 Å². The summed E-state index contributed by atoms with van der Waals surface area (Å²) in [5, 5.41) is 2.91. The maximum Gasteiger partial charge on any atom is 0.291 e. The van der Waals surface area contributed by atoms with E-state index in [9.17, 15) is 9.59 Å². The van der Waals surface area contributed by atoms with Crippen LogP contribution in [0.4, 0.5) is 5.69 Å². The van der Waals surface area contributed by atoms with Crippen molar-refractivity contribution in [2.24, 2.45) is 0 Å². The van der Waals surface area contributed by atoms with Gasteiger partial charge >= 0.3 is 0 Å². The molecule has 2 aromatic rings. The highest BCUT2D eigenvalue weighted by molar-refractivity contribution is 8.02. The maximum atomic E-state index is 13.1. The molecule has 1 aromatic carbocycles. The molecule has 2 amide bonds. The third-order valence-corrected chi connectivity index (χ3v) is 6.07. The molecule has 1 fully saturated rings. The lowest BCUT2D eigenvalue weighted by atomic mass is 10.0. The normalized spacial score (nSPS) is 23.6. The van der Waals surface area contributed by atoms with Gasteiger partial charge in [-0.3, -0.25) is 9.59 Å². The molecule has 1 spiro atoms. The number of nitrogens with zero attached hydrogens (tertiary/aromatic N) is 1. The van der Waals surface area contributed by atoms with Gasteiger partial charge in [0.2, 0.25) is 0 Å². The molecule has 25 heavy (non-hydrogen) atoms. The Kier molecular flexibility index (Phi) is 3.40. The van der Waals surface area contributed by atoms with Gasteiger partial charge in [-0.15, -0.1) is 11.8 Å². The topological polar surface area (TPSA) is 71.8 Å². The molecule has 3 heterocycles. The molecule has 0 aliphatic carbocycles. The second-order valence-corrected chi connectivity index (χ2v) is 8.64. The average Bonchev–Trinajstić information content (AvgIpc) is 3.26. The Bertz CT molecular complexity index is 862. The molecule has 1 N–H and O–H groups in total. The van der Waals surface area contributed by atoms with Crippen molar-refractivity contribution >= 4 is 29.3 Å². The first-order valence-corrected chi connectivity index (χ1v) is 8.75. The van der Waals surface area contributed by atoms with Crippen LogP contribution >= 0.6 is 11.8 Å². The van der Waals surface area contributed by atoms with Gasteiger partial charge < -0.3 is 19.4 Å². The zero-order chi connectivity index (χ0) is 17.8. The molecular weight excluding hydrogens is 340 g/mol. The van der Waals surface area contributed by atoms with Crippen LogP contribution in [0, 0.1) is 0 Å². The van der Waals surface area contributed by atoms with Crippen LogP contribution in [-0.4, -0.2) is 35.1 Å². The Morgan fingerprint density at radius 2 is 2.16 bits per heavy atom. The van der Waals surface area contributed by atoms with E-state index < -0.39 is 4.87 Å². The first-order chi connectivity index (χ1) is 11.9. The molecule has 1 atom stereocenters. The molecule has 0 bridgehead atoms. The second-order valence-electron chi connectivity index (χ2n) is 6.74. The Labute approximate surface area is 149 Å². The minimum Gasteiger partial charge on any atom is -0.497 e. The SMILES string of the molecule is COc1ccc2c(c1)C1(SC(C)(C)CN1C(=O)c1ccco1)C(=O)N2. The monoisotopic (exact) mass is 358 g/mol. The molecule has 2 aliphatic rings. The highest BCUT2D eigenvalue weighted by Crippen LogP contribution is 2.58. The summed E-state index contributed by atoms with van der Waals surface area (Å²) >= 11 is 1.48. The lowest BCUT2D eigenvalue weighted by Gasteiger charge is -2.31. The largest absolute Gasteiger partial charge is 0.497 e. The molecule has 7 heteroatoms. The van der Waals surface area contributed by atoms with Crippen LogP contribution in [0.15, 0.2) is 41.0 Å². The number of furan rings is 1. The summed E-state index contributed by atoms with van der Waals surface area (Å²) in [6.45, 7) is 4.49. The minimum atomic E-state index is -1.13. The Morgan fingerprint density at radius 1 is 1.36 bits per heavy atom. The third-order valence-electron chi connectivity index (χ3n) is 4.47. The van der Waals surface area contributed by atoms with Crippen LogP contribution in [0.3, 0.4) is 0 Å². The number of nitrogens with one attached hydrogen (secondary N) is 1. The summed E-state index contributed by atoms with van der Waals surface area (Å²) in [5.41, 5.74) is 1.44. The number of hydrogen-bond acceptors (Lipinski definition) is 5. The predicted octanol–water partition coefficient (Wildman–Crippen LogP) is 3.06. The highest BCUT2D eigenvalue weighted by atomic mass is 32.2. The van der Waals surface area contributed by atoms with Crippen molar-refractivity contribution in [3.8, 4) is 5.75 Å². The number of benzene rings is 1. The van der Waals surface area contributed by atoms with Crippen LogP contribution in [0.1, 0.15) is 30.0 Å². The van der Waals surface area contributed by atoms with Crippen molar-refractivity contribution in [1.82, 2.24) is 4.90 Å². The van der Waals surface area contributed by atoms with Crippen molar-refractivity contribution < 1.29 is 18.7 Å². The van der Waals surface area contributed by atoms with Crippen LogP contribution in [-0.2, 0) is 9.67 Å². The minimum absolute atomic E-state index is 0.216. The van der Waals surface area contributed by atoms with Gasteiger partial charge in [0, 0.05) is 22.5 Å². The fourth-order valence-electron chi connectivity index (χ4n) is 3.47. The van der Waals surface area contributed by atoms with Gasteiger partial charge in [0.15, 0.2) is 10.6 Å². The van der Waals surface area contributed by atoms with Crippen LogP contribution in [0.2, 0.25) is 0 Å². The first kappa shape index (κ1) is 16.1. The maximum absolute atomic E-state index is 13.1. The molecule has 0 saturated carbocycles. The molecule has 2 aliphatic heterocycles. The third kappa shape index (κ3) is 2.26. The van der Waals surface area contributed by atoms with E-state index in [1.165, 1.54) is 18.0 Å². The zero-order valence-electron chi connectivity index (χ0n) is 14.2. The van der Waals surface area contributed by atoms with Crippen molar-refractivity contribution in [3.63, 3.8) is 0 Å². The summed E-state index contributed by atoms with van der Waals surface area (Å²) < 4.78 is 10.3. The van der Waals surface area contributed by atoms with Gasteiger partial charge in [-0.05, 0) is 44.2 Å². The van der Waals surface area contributed by atoms with Crippen LogP contribution in [0.5, 0.6) is 5.75 Å². The number of thioether (sulfide) groups is 1. The molecular formula is C18H18N2O4S. The van der Waals surface area contributed by atoms with E-state index in [2.05, 4.69) is 5.32 Å². The van der Waals surface area contributed by atoms with E-state index in [1.807, 2.05) is 26.0 Å². The van der Waals surface area contributed by atoms with Gasteiger partial charge in [-0.2, -0.15) is 0 Å². The van der Waals surface area contributed by atoms with Gasteiger partial charge in [-0.25, -0.2) is 0 Å². The zero-order valence-corrected chi connectivity index (χ0v) is 15.0. The van der Waals surface area contributed by atoms with Gasteiger partial charge in [0.25, 0.3) is 11.8 Å². The van der Waals surface area contributed by atoms with Gasteiger partial charge in [0.1, 0.15) is 5.75 Å². The van der Waals surface area contributed by atoms with Crippen molar-refractivity contribution in [3.05, 3.63) is 47.9 Å². The second kappa shape index (κ2) is 5.29. The van der Waals surface area contributed by atoms with Gasteiger partial charge in [-0.1, -0.05) is 0 Å². The average molecular weight is 358 g/mol. The molecule has 1 aromatic heterocycles. The first-order valence-electron chi connectivity index (χ1n) is 7.93. The Hall–Kier alpha value is -2.41. The van der Waals surface area contributed by atoms with Crippen molar-refractivity contribution in [2.45, 2.75) is 23.5 Å². The van der Waals surface area contributed by atoms with E-state index in [1.54, 1.807) is 30.2 Å². The number of rotatable bonds is 2. The Morgan fingerprint density at radius 3 is 2.84 bits per heavy atom. The molecule has 0 radical (unpaired) electrons. The lowest BCUT2D eigenvalue weighted by molar-refractivity contribution is -0.121. The summed E-state index contributed by atoms with van der Waals surface area (Å²) in [6.07, 6.45) is 1.46. The fourth-order valence-corrected chi connectivity index (χ4v) is 5.14. The summed E-state index contributed by atoms with van der Waals surface area (Å²) in [5.74, 6) is 0.354. The molecule has 130 valence electrons. The standard InChI is InChI=1S/C18H18N2O4S/c1-17(2)10-20(15(21)14-5-4-8-24-14)18(25-17)12-9-11(23-3)6-7-13(12)19-16(18)22/h4-9H,10H2,1-3H3,(H,19,22).